The molecule has 5 rings (SSSR count). The van der Waals surface area contributed by atoms with Gasteiger partial charge in [-0.05, 0) is 35.2 Å². The molecule has 0 fully saturated rings. The van der Waals surface area contributed by atoms with Crippen molar-refractivity contribution in [3.63, 3.8) is 0 Å². The van der Waals surface area contributed by atoms with Gasteiger partial charge in [0.2, 0.25) is 5.76 Å². The third kappa shape index (κ3) is 2.57. The lowest BCUT2D eigenvalue weighted by molar-refractivity contribution is 0.0716. The predicted molar refractivity (Wildman–Crippen MR) is 105 cm³/mol. The summed E-state index contributed by atoms with van der Waals surface area (Å²) in [5.41, 5.74) is 1.08. The van der Waals surface area contributed by atoms with Crippen molar-refractivity contribution in [2.45, 2.75) is 12.6 Å². The zero-order valence-corrected chi connectivity index (χ0v) is 15.4. The molecule has 3 heterocycles. The van der Waals surface area contributed by atoms with Gasteiger partial charge in [-0.2, -0.15) is 0 Å². The predicted octanol–water partition coefficient (Wildman–Crippen LogP) is 4.74. The first kappa shape index (κ1) is 16.9. The summed E-state index contributed by atoms with van der Waals surface area (Å²) >= 11 is 1.47. The van der Waals surface area contributed by atoms with E-state index in [4.69, 9.17) is 4.42 Å². The Morgan fingerprint density at radius 2 is 1.86 bits per heavy atom. The third-order valence-electron chi connectivity index (χ3n) is 4.94. The highest BCUT2D eigenvalue weighted by Gasteiger charge is 2.43. The van der Waals surface area contributed by atoms with Crippen LogP contribution in [0.4, 0.5) is 4.39 Å². The second-order valence-electron chi connectivity index (χ2n) is 6.65. The molecule has 0 aliphatic carbocycles. The number of thiophene rings is 1. The summed E-state index contributed by atoms with van der Waals surface area (Å²) in [4.78, 5) is 28.9. The van der Waals surface area contributed by atoms with Crippen LogP contribution in [0.25, 0.3) is 11.0 Å². The normalized spacial score (nSPS) is 16.0. The summed E-state index contributed by atoms with van der Waals surface area (Å²) in [5.74, 6) is -0.808. The van der Waals surface area contributed by atoms with Gasteiger partial charge in [0.15, 0.2) is 5.43 Å². The monoisotopic (exact) mass is 391 g/mol. The molecule has 0 saturated carbocycles. The number of carbonyl (C=O) groups excluding carboxylic acids is 1. The SMILES string of the molecule is O=C1c2oc3ccc(F)cc3c(=O)c2C(c2cccs2)N1Cc1ccccc1. The first-order valence-electron chi connectivity index (χ1n) is 8.78. The molecule has 0 N–H and O–H groups in total. The molecule has 1 unspecified atom stereocenters. The van der Waals surface area contributed by atoms with Crippen LogP contribution in [0.15, 0.2) is 75.3 Å². The minimum absolute atomic E-state index is 0.0402. The highest BCUT2D eigenvalue weighted by molar-refractivity contribution is 7.10. The maximum atomic E-state index is 13.7. The largest absolute Gasteiger partial charge is 0.450 e. The van der Waals surface area contributed by atoms with E-state index in [2.05, 4.69) is 0 Å². The standard InChI is InChI=1S/C22H14FNO3S/c23-14-8-9-16-15(11-14)20(25)18-19(17-7-4-10-28-17)24(22(26)21(18)27-16)12-13-5-2-1-3-6-13/h1-11,19H,12H2. The lowest BCUT2D eigenvalue weighted by atomic mass is 10.0. The molecular formula is C22H14FNO3S. The Bertz CT molecular complexity index is 1250. The molecule has 0 spiro atoms. The average Bonchev–Trinajstić information content (AvgIpc) is 3.32. The van der Waals surface area contributed by atoms with E-state index in [0.29, 0.717) is 6.54 Å². The molecule has 4 nitrogen and oxygen atoms in total. The fourth-order valence-corrected chi connectivity index (χ4v) is 4.52. The highest BCUT2D eigenvalue weighted by Crippen LogP contribution is 2.40. The minimum atomic E-state index is -0.549. The number of fused-ring (bicyclic) bond motifs is 2. The van der Waals surface area contributed by atoms with Crippen LogP contribution in [0.2, 0.25) is 0 Å². The van der Waals surface area contributed by atoms with Gasteiger partial charge in [-0.1, -0.05) is 36.4 Å². The number of hydrogen-bond acceptors (Lipinski definition) is 4. The second kappa shape index (κ2) is 6.42. The molecule has 0 bridgehead atoms. The van der Waals surface area contributed by atoms with Crippen molar-refractivity contribution >= 4 is 28.2 Å². The van der Waals surface area contributed by atoms with Crippen LogP contribution < -0.4 is 5.43 Å². The van der Waals surface area contributed by atoms with Gasteiger partial charge in [-0.25, -0.2) is 4.39 Å². The van der Waals surface area contributed by atoms with Crippen LogP contribution in [0.5, 0.6) is 0 Å². The fourth-order valence-electron chi connectivity index (χ4n) is 3.68. The number of rotatable bonds is 3. The van der Waals surface area contributed by atoms with Crippen molar-refractivity contribution in [3.05, 3.63) is 104 Å². The van der Waals surface area contributed by atoms with Crippen molar-refractivity contribution < 1.29 is 13.6 Å². The lowest BCUT2D eigenvalue weighted by Crippen LogP contribution is -2.28. The molecule has 2 aromatic heterocycles. The fraction of sp³-hybridized carbons (Fsp3) is 0.0909. The van der Waals surface area contributed by atoms with Gasteiger partial charge in [0.1, 0.15) is 17.4 Å². The van der Waals surface area contributed by atoms with E-state index >= 15 is 0 Å². The summed E-state index contributed by atoms with van der Waals surface area (Å²) in [6.45, 7) is 0.344. The highest BCUT2D eigenvalue weighted by atomic mass is 32.1. The van der Waals surface area contributed by atoms with Gasteiger partial charge in [-0.3, -0.25) is 9.59 Å². The van der Waals surface area contributed by atoms with Gasteiger partial charge in [0, 0.05) is 11.4 Å². The smallest absolute Gasteiger partial charge is 0.291 e. The van der Waals surface area contributed by atoms with E-state index in [1.807, 2.05) is 47.8 Å². The topological polar surface area (TPSA) is 50.5 Å². The Morgan fingerprint density at radius 3 is 2.61 bits per heavy atom. The van der Waals surface area contributed by atoms with Gasteiger partial charge in [0.05, 0.1) is 10.9 Å². The van der Waals surface area contributed by atoms with Crippen LogP contribution in [0.3, 0.4) is 0 Å². The summed E-state index contributed by atoms with van der Waals surface area (Å²) in [5, 5.41) is 2.05. The molecular weight excluding hydrogens is 377 g/mol. The molecule has 4 aromatic rings. The molecule has 1 atom stereocenters. The zero-order valence-electron chi connectivity index (χ0n) is 14.6. The lowest BCUT2D eigenvalue weighted by Gasteiger charge is -2.24. The second-order valence-corrected chi connectivity index (χ2v) is 7.63. The Kier molecular flexibility index (Phi) is 3.87. The Morgan fingerprint density at radius 1 is 1.04 bits per heavy atom. The third-order valence-corrected chi connectivity index (χ3v) is 5.86. The number of amides is 1. The minimum Gasteiger partial charge on any atom is -0.450 e. The Hall–Kier alpha value is -3.25. The van der Waals surface area contributed by atoms with Crippen LogP contribution in [0.1, 0.15) is 32.6 Å². The maximum absolute atomic E-state index is 13.7. The Balaban J connectivity index is 1.73. The molecule has 28 heavy (non-hydrogen) atoms. The van der Waals surface area contributed by atoms with E-state index in [9.17, 15) is 14.0 Å². The molecule has 1 aliphatic heterocycles. The summed E-state index contributed by atoms with van der Waals surface area (Å²) in [6, 6.07) is 16.6. The van der Waals surface area contributed by atoms with Crippen molar-refractivity contribution in [1.29, 1.82) is 0 Å². The number of carbonyl (C=O) groups is 1. The van der Waals surface area contributed by atoms with Crippen LogP contribution in [0, 0.1) is 5.82 Å². The van der Waals surface area contributed by atoms with E-state index < -0.39 is 11.9 Å². The van der Waals surface area contributed by atoms with E-state index in [0.717, 1.165) is 16.5 Å². The molecule has 2 aromatic carbocycles. The number of benzene rings is 2. The van der Waals surface area contributed by atoms with E-state index in [-0.39, 0.29) is 33.6 Å². The zero-order chi connectivity index (χ0) is 19.3. The Labute approximate surface area is 163 Å². The number of halogens is 1. The first-order chi connectivity index (χ1) is 13.6. The van der Waals surface area contributed by atoms with Crippen molar-refractivity contribution in [2.24, 2.45) is 0 Å². The summed E-state index contributed by atoms with van der Waals surface area (Å²) in [7, 11) is 0. The molecule has 138 valence electrons. The number of nitrogens with zero attached hydrogens (tertiary/aromatic N) is 1. The average molecular weight is 391 g/mol. The van der Waals surface area contributed by atoms with Gasteiger partial charge in [0.25, 0.3) is 5.91 Å². The molecule has 6 heteroatoms. The van der Waals surface area contributed by atoms with E-state index in [1.54, 1.807) is 4.90 Å². The van der Waals surface area contributed by atoms with Gasteiger partial charge < -0.3 is 9.32 Å². The van der Waals surface area contributed by atoms with Crippen LogP contribution >= 0.6 is 11.3 Å². The molecule has 1 aliphatic rings. The molecule has 1 amide bonds. The van der Waals surface area contributed by atoms with Gasteiger partial charge in [-0.15, -0.1) is 11.3 Å². The maximum Gasteiger partial charge on any atom is 0.291 e. The van der Waals surface area contributed by atoms with Crippen molar-refractivity contribution in [1.82, 2.24) is 4.90 Å². The molecule has 0 radical (unpaired) electrons. The van der Waals surface area contributed by atoms with Crippen LogP contribution in [-0.2, 0) is 6.54 Å². The van der Waals surface area contributed by atoms with Gasteiger partial charge >= 0.3 is 0 Å². The number of hydrogen-bond donors (Lipinski definition) is 0. The summed E-state index contributed by atoms with van der Waals surface area (Å²) < 4.78 is 19.5. The van der Waals surface area contributed by atoms with E-state index in [1.165, 1.54) is 23.5 Å². The quantitative estimate of drug-likeness (QED) is 0.507. The van der Waals surface area contributed by atoms with Crippen LogP contribution in [-0.4, -0.2) is 10.8 Å². The molecule has 0 saturated heterocycles. The first-order valence-corrected chi connectivity index (χ1v) is 9.66. The van der Waals surface area contributed by atoms with Crippen molar-refractivity contribution in [2.75, 3.05) is 0 Å². The summed E-state index contributed by atoms with van der Waals surface area (Å²) in [6.07, 6.45) is 0. The van der Waals surface area contributed by atoms with Crippen molar-refractivity contribution in [3.8, 4) is 0 Å².